The van der Waals surface area contributed by atoms with Crippen molar-refractivity contribution in [2.75, 3.05) is 26.2 Å². The SMILES string of the molecule is CCN(CC)CCNC(=O)C=Cc1cccc([N+](=O)[O-])c1.Cl. The lowest BCUT2D eigenvalue weighted by molar-refractivity contribution is -0.384. The molecule has 0 spiro atoms. The van der Waals surface area contributed by atoms with E-state index in [0.717, 1.165) is 19.6 Å². The van der Waals surface area contributed by atoms with Crippen LogP contribution >= 0.6 is 12.4 Å². The Morgan fingerprint density at radius 1 is 1.36 bits per heavy atom. The quantitative estimate of drug-likeness (QED) is 0.452. The zero-order valence-corrected chi connectivity index (χ0v) is 13.6. The lowest BCUT2D eigenvalue weighted by atomic mass is 10.2. The molecular weight excluding hydrogens is 306 g/mol. The van der Waals surface area contributed by atoms with Crippen molar-refractivity contribution in [3.63, 3.8) is 0 Å². The number of carbonyl (C=O) groups excluding carboxylic acids is 1. The third kappa shape index (κ3) is 7.19. The van der Waals surface area contributed by atoms with E-state index in [1.165, 1.54) is 18.2 Å². The van der Waals surface area contributed by atoms with Crippen molar-refractivity contribution in [1.82, 2.24) is 10.2 Å². The first-order valence-electron chi connectivity index (χ1n) is 6.99. The Labute approximate surface area is 136 Å². The van der Waals surface area contributed by atoms with E-state index in [0.29, 0.717) is 12.1 Å². The second-order valence-corrected chi connectivity index (χ2v) is 4.50. The summed E-state index contributed by atoms with van der Waals surface area (Å²) in [4.78, 5) is 24.0. The van der Waals surface area contributed by atoms with E-state index in [1.54, 1.807) is 18.2 Å². The molecule has 0 fully saturated rings. The lowest BCUT2D eigenvalue weighted by Crippen LogP contribution is -2.34. The molecule has 0 atom stereocenters. The van der Waals surface area contributed by atoms with E-state index in [4.69, 9.17) is 0 Å². The van der Waals surface area contributed by atoms with E-state index in [1.807, 2.05) is 0 Å². The van der Waals surface area contributed by atoms with Crippen LogP contribution in [0, 0.1) is 10.1 Å². The van der Waals surface area contributed by atoms with Gasteiger partial charge in [0.2, 0.25) is 5.91 Å². The van der Waals surface area contributed by atoms with Gasteiger partial charge in [0.05, 0.1) is 4.92 Å². The maximum absolute atomic E-state index is 11.6. The molecule has 0 saturated carbocycles. The number of likely N-dealkylation sites (N-methyl/N-ethyl adjacent to an activating group) is 1. The fourth-order valence-corrected chi connectivity index (χ4v) is 1.85. The average molecular weight is 328 g/mol. The lowest BCUT2D eigenvalue weighted by Gasteiger charge is -2.17. The number of rotatable bonds is 8. The van der Waals surface area contributed by atoms with Crippen LogP contribution in [-0.2, 0) is 4.79 Å². The molecule has 122 valence electrons. The van der Waals surface area contributed by atoms with Gasteiger partial charge in [0.15, 0.2) is 0 Å². The van der Waals surface area contributed by atoms with Crippen LogP contribution in [0.25, 0.3) is 6.08 Å². The first-order valence-corrected chi connectivity index (χ1v) is 6.99. The van der Waals surface area contributed by atoms with Gasteiger partial charge in [-0.2, -0.15) is 0 Å². The van der Waals surface area contributed by atoms with Crippen molar-refractivity contribution < 1.29 is 9.72 Å². The zero-order chi connectivity index (χ0) is 15.7. The Morgan fingerprint density at radius 3 is 2.64 bits per heavy atom. The standard InChI is InChI=1S/C15H21N3O3.ClH/c1-3-17(4-2)11-10-16-15(19)9-8-13-6-5-7-14(12-13)18(20)21;/h5-9,12H,3-4,10-11H2,1-2H3,(H,16,19);1H. The number of hydrogen-bond donors (Lipinski definition) is 1. The van der Waals surface area contributed by atoms with Crippen LogP contribution in [0.4, 0.5) is 5.69 Å². The summed E-state index contributed by atoms with van der Waals surface area (Å²) in [6.07, 6.45) is 2.96. The van der Waals surface area contributed by atoms with Crippen LogP contribution in [0.3, 0.4) is 0 Å². The Balaban J connectivity index is 0.00000441. The first-order chi connectivity index (χ1) is 10.1. The summed E-state index contributed by atoms with van der Waals surface area (Å²) >= 11 is 0. The molecule has 7 heteroatoms. The Bertz CT molecular complexity index is 517. The zero-order valence-electron chi connectivity index (χ0n) is 12.8. The van der Waals surface area contributed by atoms with Crippen molar-refractivity contribution in [2.45, 2.75) is 13.8 Å². The van der Waals surface area contributed by atoms with Crippen LogP contribution in [-0.4, -0.2) is 41.9 Å². The summed E-state index contributed by atoms with van der Waals surface area (Å²) in [5.41, 5.74) is 0.641. The second kappa shape index (κ2) is 10.8. The number of amides is 1. The molecule has 0 aliphatic carbocycles. The van der Waals surface area contributed by atoms with Gasteiger partial charge < -0.3 is 10.2 Å². The molecule has 0 bridgehead atoms. The molecule has 1 rings (SSSR count). The number of nitro groups is 1. The molecule has 22 heavy (non-hydrogen) atoms. The maximum Gasteiger partial charge on any atom is 0.270 e. The predicted octanol–water partition coefficient (Wildman–Crippen LogP) is 2.49. The van der Waals surface area contributed by atoms with Gasteiger partial charge in [-0.05, 0) is 24.7 Å². The normalized spacial score (nSPS) is 10.5. The summed E-state index contributed by atoms with van der Waals surface area (Å²) < 4.78 is 0. The van der Waals surface area contributed by atoms with Gasteiger partial charge in [0, 0.05) is 31.3 Å². The monoisotopic (exact) mass is 327 g/mol. The number of non-ortho nitro benzene ring substituents is 1. The van der Waals surface area contributed by atoms with E-state index < -0.39 is 4.92 Å². The minimum absolute atomic E-state index is 0. The van der Waals surface area contributed by atoms with Gasteiger partial charge in [0.25, 0.3) is 5.69 Å². The highest BCUT2D eigenvalue weighted by atomic mass is 35.5. The Kier molecular flexibility index (Phi) is 9.82. The van der Waals surface area contributed by atoms with E-state index in [9.17, 15) is 14.9 Å². The third-order valence-corrected chi connectivity index (χ3v) is 3.13. The van der Waals surface area contributed by atoms with E-state index >= 15 is 0 Å². The molecule has 6 nitrogen and oxygen atoms in total. The van der Waals surface area contributed by atoms with Gasteiger partial charge >= 0.3 is 0 Å². The smallest absolute Gasteiger partial charge is 0.270 e. The fraction of sp³-hybridized carbons (Fsp3) is 0.400. The van der Waals surface area contributed by atoms with Crippen molar-refractivity contribution in [3.05, 3.63) is 46.0 Å². The highest BCUT2D eigenvalue weighted by molar-refractivity contribution is 5.91. The minimum atomic E-state index is -0.457. The Morgan fingerprint density at radius 2 is 2.05 bits per heavy atom. The first kappa shape index (κ1) is 20.1. The number of hydrogen-bond acceptors (Lipinski definition) is 4. The summed E-state index contributed by atoms with van der Waals surface area (Å²) in [5.74, 6) is -0.200. The predicted molar refractivity (Wildman–Crippen MR) is 90.2 cm³/mol. The molecule has 0 unspecified atom stereocenters. The molecule has 0 aromatic heterocycles. The van der Waals surface area contributed by atoms with Gasteiger partial charge in [0.1, 0.15) is 0 Å². The third-order valence-electron chi connectivity index (χ3n) is 3.13. The molecule has 0 aliphatic rings. The fourth-order valence-electron chi connectivity index (χ4n) is 1.85. The number of carbonyl (C=O) groups is 1. The summed E-state index contributed by atoms with van der Waals surface area (Å²) in [7, 11) is 0. The van der Waals surface area contributed by atoms with Crippen LogP contribution < -0.4 is 5.32 Å². The van der Waals surface area contributed by atoms with E-state index in [-0.39, 0.29) is 24.0 Å². The van der Waals surface area contributed by atoms with Gasteiger partial charge in [-0.15, -0.1) is 12.4 Å². The molecule has 0 aliphatic heterocycles. The summed E-state index contributed by atoms with van der Waals surface area (Å²) in [6.45, 7) is 7.45. The Hall–Kier alpha value is -1.92. The number of halogens is 1. The van der Waals surface area contributed by atoms with Crippen molar-refractivity contribution >= 4 is 30.1 Å². The highest BCUT2D eigenvalue weighted by Gasteiger charge is 2.04. The molecule has 1 aromatic carbocycles. The molecule has 0 radical (unpaired) electrons. The molecule has 1 N–H and O–H groups in total. The highest BCUT2D eigenvalue weighted by Crippen LogP contribution is 2.13. The molecular formula is C15H22ClN3O3. The van der Waals surface area contributed by atoms with Crippen molar-refractivity contribution in [2.24, 2.45) is 0 Å². The largest absolute Gasteiger partial charge is 0.351 e. The van der Waals surface area contributed by atoms with Gasteiger partial charge in [-0.1, -0.05) is 26.0 Å². The summed E-state index contributed by atoms with van der Waals surface area (Å²) in [6, 6.07) is 6.16. The minimum Gasteiger partial charge on any atom is -0.351 e. The average Bonchev–Trinajstić information content (AvgIpc) is 2.50. The van der Waals surface area contributed by atoms with Gasteiger partial charge in [-0.25, -0.2) is 0 Å². The van der Waals surface area contributed by atoms with Crippen LogP contribution in [0.5, 0.6) is 0 Å². The number of nitro benzene ring substituents is 1. The summed E-state index contributed by atoms with van der Waals surface area (Å²) in [5, 5.41) is 13.4. The number of nitrogens with zero attached hydrogens (tertiary/aromatic N) is 2. The van der Waals surface area contributed by atoms with Gasteiger partial charge in [-0.3, -0.25) is 14.9 Å². The molecule has 0 heterocycles. The van der Waals surface area contributed by atoms with Crippen molar-refractivity contribution in [1.29, 1.82) is 0 Å². The number of nitrogens with one attached hydrogen (secondary N) is 1. The molecule has 0 saturated heterocycles. The van der Waals surface area contributed by atoms with Crippen LogP contribution in [0.1, 0.15) is 19.4 Å². The second-order valence-electron chi connectivity index (χ2n) is 4.50. The molecule has 1 aromatic rings. The maximum atomic E-state index is 11.6. The molecule has 1 amide bonds. The number of benzene rings is 1. The topological polar surface area (TPSA) is 75.5 Å². The van der Waals surface area contributed by atoms with Crippen LogP contribution in [0.15, 0.2) is 30.3 Å². The van der Waals surface area contributed by atoms with E-state index in [2.05, 4.69) is 24.1 Å². The van der Waals surface area contributed by atoms with Crippen molar-refractivity contribution in [3.8, 4) is 0 Å². The van der Waals surface area contributed by atoms with Crippen LogP contribution in [0.2, 0.25) is 0 Å².